The van der Waals surface area contributed by atoms with E-state index >= 15 is 0 Å². The van der Waals surface area contributed by atoms with E-state index in [1.807, 2.05) is 24.3 Å². The summed E-state index contributed by atoms with van der Waals surface area (Å²) in [5, 5.41) is 19.6. The van der Waals surface area contributed by atoms with Crippen LogP contribution in [-0.4, -0.2) is 53.5 Å². The number of rotatable bonds is 16. The van der Waals surface area contributed by atoms with Gasteiger partial charge in [-0.3, -0.25) is 0 Å². The van der Waals surface area contributed by atoms with Gasteiger partial charge in [-0.15, -0.1) is 6.58 Å². The number of aliphatic hydroxyl groups excluding tert-OH is 1. The minimum atomic E-state index is -0.975. The van der Waals surface area contributed by atoms with Crippen molar-refractivity contribution in [2.75, 3.05) is 32.8 Å². The molecule has 0 atom stereocenters. The molecule has 1 fully saturated rings. The van der Waals surface area contributed by atoms with Gasteiger partial charge in [0.25, 0.3) is 0 Å². The molecular formula is C26H42N2O4S. The molecule has 0 radical (unpaired) electrons. The van der Waals surface area contributed by atoms with Crippen LogP contribution in [0, 0.1) is 5.92 Å². The molecule has 1 saturated carbocycles. The maximum Gasteiger partial charge on any atom is 0.404 e. The molecule has 2 rings (SSSR count). The maximum absolute atomic E-state index is 10.5. The van der Waals surface area contributed by atoms with E-state index in [0.29, 0.717) is 19.8 Å². The molecule has 3 N–H and O–H groups in total. The molecule has 1 amide bonds. The van der Waals surface area contributed by atoms with Crippen molar-refractivity contribution in [1.29, 1.82) is 0 Å². The summed E-state index contributed by atoms with van der Waals surface area (Å²) < 4.78 is 7.86. The Morgan fingerprint density at radius 2 is 1.94 bits per heavy atom. The number of benzene rings is 1. The topological polar surface area (TPSA) is 82.0 Å². The van der Waals surface area contributed by atoms with Gasteiger partial charge in [-0.1, -0.05) is 50.5 Å². The molecule has 0 spiro atoms. The maximum atomic E-state index is 10.5. The molecule has 0 bridgehead atoms. The number of unbranched alkanes of at least 4 members (excludes halogenated alkanes) is 2. The Labute approximate surface area is 204 Å². The second-order valence-corrected chi connectivity index (χ2v) is 9.30. The summed E-state index contributed by atoms with van der Waals surface area (Å²) in [4.78, 5) is 11.7. The van der Waals surface area contributed by atoms with Crippen LogP contribution in [0.3, 0.4) is 0 Å². The van der Waals surface area contributed by atoms with Crippen molar-refractivity contribution >= 4 is 18.0 Å². The molecule has 0 unspecified atom stereocenters. The first-order chi connectivity index (χ1) is 16.1. The van der Waals surface area contributed by atoms with Crippen LogP contribution in [0.1, 0.15) is 57.8 Å². The van der Waals surface area contributed by atoms with Crippen molar-refractivity contribution in [3.63, 3.8) is 0 Å². The predicted molar refractivity (Wildman–Crippen MR) is 138 cm³/mol. The molecule has 186 valence electrons. The van der Waals surface area contributed by atoms with Gasteiger partial charge in [0.05, 0.1) is 0 Å². The molecule has 6 nitrogen and oxygen atoms in total. The van der Waals surface area contributed by atoms with Crippen molar-refractivity contribution in [3.05, 3.63) is 49.6 Å². The summed E-state index contributed by atoms with van der Waals surface area (Å²) in [5.41, 5.74) is 0. The number of hydrogen-bond acceptors (Lipinski definition) is 5. The van der Waals surface area contributed by atoms with E-state index in [4.69, 9.17) is 14.9 Å². The summed E-state index contributed by atoms with van der Waals surface area (Å²) in [6.45, 7) is 10.5. The third-order valence-corrected chi connectivity index (χ3v) is 6.43. The van der Waals surface area contributed by atoms with E-state index in [-0.39, 0.29) is 0 Å². The minimum absolute atomic E-state index is 0.394. The van der Waals surface area contributed by atoms with E-state index in [9.17, 15) is 4.79 Å². The summed E-state index contributed by atoms with van der Waals surface area (Å²) in [6, 6.07) is 7.97. The summed E-state index contributed by atoms with van der Waals surface area (Å²) in [6.07, 6.45) is 13.2. The Morgan fingerprint density at radius 1 is 1.18 bits per heavy atom. The molecular weight excluding hydrogens is 436 g/mol. The highest BCUT2D eigenvalue weighted by Crippen LogP contribution is 2.27. The van der Waals surface area contributed by atoms with Gasteiger partial charge in [0.1, 0.15) is 12.4 Å². The summed E-state index contributed by atoms with van der Waals surface area (Å²) >= 11 is 1.68. The van der Waals surface area contributed by atoms with Gasteiger partial charge in [-0.2, -0.15) is 0 Å². The number of hydrogen-bond donors (Lipinski definition) is 3. The first-order valence-corrected chi connectivity index (χ1v) is 12.8. The van der Waals surface area contributed by atoms with E-state index < -0.39 is 6.09 Å². The van der Waals surface area contributed by atoms with Gasteiger partial charge in [0.2, 0.25) is 0 Å². The lowest BCUT2D eigenvalue weighted by molar-refractivity contribution is 0.194. The van der Waals surface area contributed by atoms with E-state index in [2.05, 4.69) is 28.8 Å². The third kappa shape index (κ3) is 15.5. The number of carboxylic acid groups (broad SMARTS) is 1. The Morgan fingerprint density at radius 3 is 2.61 bits per heavy atom. The van der Waals surface area contributed by atoms with Gasteiger partial charge in [-0.25, -0.2) is 9.10 Å². The second-order valence-electron chi connectivity index (χ2n) is 8.13. The predicted octanol–water partition coefficient (Wildman–Crippen LogP) is 6.13. The highest BCUT2D eigenvalue weighted by molar-refractivity contribution is 7.97. The van der Waals surface area contributed by atoms with Gasteiger partial charge < -0.3 is 20.3 Å². The molecule has 1 aliphatic carbocycles. The van der Waals surface area contributed by atoms with Crippen molar-refractivity contribution in [2.24, 2.45) is 5.92 Å². The molecule has 1 aliphatic rings. The zero-order valence-electron chi connectivity index (χ0n) is 19.9. The van der Waals surface area contributed by atoms with E-state index in [0.717, 1.165) is 61.8 Å². The normalized spacial score (nSPS) is 13.3. The largest absolute Gasteiger partial charge is 0.490 e. The molecule has 33 heavy (non-hydrogen) atoms. The highest BCUT2D eigenvalue weighted by Gasteiger charge is 2.13. The smallest absolute Gasteiger partial charge is 0.404 e. The lowest BCUT2D eigenvalue weighted by atomic mass is 10.1. The summed E-state index contributed by atoms with van der Waals surface area (Å²) in [5.74, 6) is 1.68. The number of ether oxygens (including phenoxy) is 1. The average Bonchev–Trinajstić information content (AvgIpc) is 3.32. The third-order valence-electron chi connectivity index (χ3n) is 5.35. The van der Waals surface area contributed by atoms with Crippen LogP contribution in [0.25, 0.3) is 0 Å². The first-order valence-electron chi connectivity index (χ1n) is 12.0. The second kappa shape index (κ2) is 19.5. The van der Waals surface area contributed by atoms with Crippen molar-refractivity contribution < 1.29 is 19.7 Å². The van der Waals surface area contributed by atoms with Gasteiger partial charge >= 0.3 is 6.09 Å². The van der Waals surface area contributed by atoms with Crippen LogP contribution >= 0.6 is 11.9 Å². The number of nitrogens with one attached hydrogen (secondary N) is 1. The zero-order valence-corrected chi connectivity index (χ0v) is 20.7. The van der Waals surface area contributed by atoms with Gasteiger partial charge in [0.15, 0.2) is 0 Å². The Balaban J connectivity index is 0.000000568. The minimum Gasteiger partial charge on any atom is -0.490 e. The molecule has 7 heteroatoms. The monoisotopic (exact) mass is 478 g/mol. The Hall–Kier alpha value is -1.96. The molecule has 0 aliphatic heterocycles. The van der Waals surface area contributed by atoms with Crippen LogP contribution in [0.5, 0.6) is 5.75 Å². The lowest BCUT2D eigenvalue weighted by Gasteiger charge is -2.21. The van der Waals surface area contributed by atoms with Crippen LogP contribution in [-0.2, 0) is 0 Å². The van der Waals surface area contributed by atoms with E-state index in [1.165, 1.54) is 25.7 Å². The number of allylic oxidation sites excluding steroid dienone is 1. The quantitative estimate of drug-likeness (QED) is 0.151. The Kier molecular flexibility index (Phi) is 17.2. The van der Waals surface area contributed by atoms with Crippen molar-refractivity contribution in [1.82, 2.24) is 9.62 Å². The number of nitrogens with zero attached hydrogens (tertiary/aromatic N) is 1. The molecule has 0 heterocycles. The van der Waals surface area contributed by atoms with E-state index in [1.54, 1.807) is 18.0 Å². The van der Waals surface area contributed by atoms with Crippen molar-refractivity contribution in [2.45, 2.75) is 62.7 Å². The highest BCUT2D eigenvalue weighted by atomic mass is 32.2. The van der Waals surface area contributed by atoms with Gasteiger partial charge in [-0.05, 0) is 68.2 Å². The fourth-order valence-corrected chi connectivity index (χ4v) is 4.68. The SMILES string of the molecule is C=CCCCCN(CCCNC(=O)O)Sc1cccc(OCC=C)c1.OCCC1CCCC1. The summed E-state index contributed by atoms with van der Waals surface area (Å²) in [7, 11) is 0. The van der Waals surface area contributed by atoms with Crippen LogP contribution < -0.4 is 10.1 Å². The molecule has 1 aromatic carbocycles. The lowest BCUT2D eigenvalue weighted by Crippen LogP contribution is -2.26. The van der Waals surface area contributed by atoms with Crippen LogP contribution in [0.4, 0.5) is 4.79 Å². The fraction of sp³-hybridized carbons (Fsp3) is 0.577. The Bertz CT molecular complexity index is 665. The number of carbonyl (C=O) groups is 1. The fourth-order valence-electron chi connectivity index (χ4n) is 3.64. The standard InChI is InChI=1S/C19H28N2O3S.C7H14O/c1-3-5-6-7-13-21(14-9-12-20-19(22)23)25-18-11-8-10-17(16-18)24-15-4-2;8-6-5-7-3-1-2-4-7/h3-4,8,10-11,16,20H,1-2,5-7,9,12-15H2,(H,22,23);7-8H,1-6H2. The molecule has 0 aromatic heterocycles. The average molecular weight is 479 g/mol. The number of aliphatic hydroxyl groups is 1. The zero-order chi connectivity index (χ0) is 24.2. The molecule has 1 aromatic rings. The molecule has 0 saturated heterocycles. The number of amides is 1. The van der Waals surface area contributed by atoms with Crippen LogP contribution in [0.15, 0.2) is 54.5 Å². The first kappa shape index (κ1) is 29.1. The van der Waals surface area contributed by atoms with Gasteiger partial charge in [0, 0.05) is 31.1 Å². The van der Waals surface area contributed by atoms with Crippen molar-refractivity contribution in [3.8, 4) is 5.75 Å². The van der Waals surface area contributed by atoms with Crippen LogP contribution in [0.2, 0.25) is 0 Å².